The average molecular weight is 398 g/mol. The van der Waals surface area contributed by atoms with Gasteiger partial charge in [-0.25, -0.2) is 0 Å². The molecule has 0 bridgehead atoms. The Bertz CT molecular complexity index is 915. The van der Waals surface area contributed by atoms with Crippen molar-refractivity contribution in [2.45, 2.75) is 32.0 Å². The molecule has 3 heterocycles. The van der Waals surface area contributed by atoms with Crippen molar-refractivity contribution in [2.24, 2.45) is 0 Å². The number of aromatic hydroxyl groups is 1. The van der Waals surface area contributed by atoms with Crippen LogP contribution in [0.1, 0.15) is 34.3 Å². The van der Waals surface area contributed by atoms with Crippen molar-refractivity contribution in [1.82, 2.24) is 9.80 Å². The van der Waals surface area contributed by atoms with Crippen LogP contribution in [0.15, 0.2) is 36.4 Å². The third-order valence-corrected chi connectivity index (χ3v) is 6.58. The van der Waals surface area contributed by atoms with Crippen LogP contribution in [0, 0.1) is 0 Å². The number of amides is 1. The fraction of sp³-hybridized carbons (Fsp3) is 0.409. The zero-order chi connectivity index (χ0) is 19.3. The van der Waals surface area contributed by atoms with E-state index in [9.17, 15) is 9.90 Å². The molecule has 0 aromatic heterocycles. The zero-order valence-electron chi connectivity index (χ0n) is 15.8. The maximum Gasteiger partial charge on any atom is 0.256 e. The van der Waals surface area contributed by atoms with Crippen LogP contribution in [-0.2, 0) is 13.1 Å². The number of rotatable bonds is 3. The normalized spacial score (nSPS) is 21.9. The number of carbonyl (C=O) groups excluding carboxylic acids is 1. The smallest absolute Gasteiger partial charge is 0.256 e. The number of hydrogen-bond donors (Lipinski definition) is 1. The highest BCUT2D eigenvalue weighted by atomic mass is 35.5. The molecule has 2 saturated heterocycles. The van der Waals surface area contributed by atoms with Crippen molar-refractivity contribution in [3.8, 4) is 5.75 Å². The lowest BCUT2D eigenvalue weighted by molar-refractivity contribution is 0.0767. The van der Waals surface area contributed by atoms with E-state index in [0.717, 1.165) is 36.4 Å². The monoisotopic (exact) mass is 397 g/mol. The molecule has 6 heteroatoms. The first kappa shape index (κ1) is 17.8. The quantitative estimate of drug-likeness (QED) is 0.861. The highest BCUT2D eigenvalue weighted by molar-refractivity contribution is 6.34. The summed E-state index contributed by atoms with van der Waals surface area (Å²) in [6.07, 6.45) is 2.57. The predicted octanol–water partition coefficient (Wildman–Crippen LogP) is 3.49. The van der Waals surface area contributed by atoms with Crippen LogP contribution in [-0.4, -0.2) is 53.0 Å². The Hall–Kier alpha value is -2.24. The highest BCUT2D eigenvalue weighted by Gasteiger charge is 2.33. The number of hydrogen-bond acceptors (Lipinski definition) is 4. The standard InChI is InChI=1S/C22H24ClN3O2/c23-20-11-18(25-9-8-24-7-1-2-17(24)14-25)10-16-13-26(22(28)21(16)20)12-15-3-5-19(27)6-4-15/h3-6,10-11,17,27H,1-2,7-9,12-14H2. The number of anilines is 1. The number of phenols is 1. The Morgan fingerprint density at radius 1 is 1.11 bits per heavy atom. The minimum absolute atomic E-state index is 0.0137. The van der Waals surface area contributed by atoms with E-state index >= 15 is 0 Å². The van der Waals surface area contributed by atoms with Gasteiger partial charge in [-0.2, -0.15) is 0 Å². The van der Waals surface area contributed by atoms with Gasteiger partial charge < -0.3 is 14.9 Å². The molecule has 28 heavy (non-hydrogen) atoms. The number of piperazine rings is 1. The number of nitrogens with zero attached hydrogens (tertiary/aromatic N) is 3. The number of phenolic OH excluding ortho intramolecular Hbond substituents is 1. The van der Waals surface area contributed by atoms with E-state index in [1.54, 1.807) is 12.1 Å². The molecule has 1 atom stereocenters. The van der Waals surface area contributed by atoms with Crippen molar-refractivity contribution >= 4 is 23.2 Å². The summed E-state index contributed by atoms with van der Waals surface area (Å²) in [4.78, 5) is 19.7. The first-order valence-corrected chi connectivity index (χ1v) is 10.3. The van der Waals surface area contributed by atoms with Gasteiger partial charge in [0.15, 0.2) is 0 Å². The van der Waals surface area contributed by atoms with Gasteiger partial charge in [0.2, 0.25) is 0 Å². The average Bonchev–Trinajstić information content (AvgIpc) is 3.28. The number of benzene rings is 2. The second-order valence-corrected chi connectivity index (χ2v) is 8.47. The fourth-order valence-electron chi connectivity index (χ4n) is 4.81. The number of carbonyl (C=O) groups is 1. The minimum atomic E-state index is -0.0137. The van der Waals surface area contributed by atoms with E-state index in [0.29, 0.717) is 29.7 Å². The summed E-state index contributed by atoms with van der Waals surface area (Å²) in [7, 11) is 0. The van der Waals surface area contributed by atoms with Gasteiger partial charge in [-0.05, 0) is 54.8 Å². The van der Waals surface area contributed by atoms with Crippen molar-refractivity contribution in [2.75, 3.05) is 31.1 Å². The summed E-state index contributed by atoms with van der Waals surface area (Å²) in [5.74, 6) is 0.218. The molecule has 2 aromatic carbocycles. The Balaban J connectivity index is 1.36. The van der Waals surface area contributed by atoms with Gasteiger partial charge in [0.05, 0.1) is 10.6 Å². The molecule has 2 fully saturated rings. The first-order valence-electron chi connectivity index (χ1n) is 9.97. The summed E-state index contributed by atoms with van der Waals surface area (Å²) in [6, 6.07) is 11.8. The molecule has 2 aromatic rings. The van der Waals surface area contributed by atoms with Crippen LogP contribution in [0.3, 0.4) is 0 Å². The predicted molar refractivity (Wildman–Crippen MR) is 110 cm³/mol. The van der Waals surface area contributed by atoms with Gasteiger partial charge >= 0.3 is 0 Å². The fourth-order valence-corrected chi connectivity index (χ4v) is 5.12. The van der Waals surface area contributed by atoms with E-state index in [1.807, 2.05) is 23.1 Å². The number of fused-ring (bicyclic) bond motifs is 2. The molecule has 0 aliphatic carbocycles. The summed E-state index contributed by atoms with van der Waals surface area (Å²) in [6.45, 7) is 5.47. The molecule has 5 rings (SSSR count). The van der Waals surface area contributed by atoms with Crippen LogP contribution in [0.25, 0.3) is 0 Å². The Labute approximate surface area is 170 Å². The molecule has 146 valence electrons. The van der Waals surface area contributed by atoms with E-state index in [1.165, 1.54) is 19.4 Å². The van der Waals surface area contributed by atoms with E-state index in [2.05, 4.69) is 15.9 Å². The van der Waals surface area contributed by atoms with Gasteiger partial charge in [0.25, 0.3) is 5.91 Å². The topological polar surface area (TPSA) is 47.0 Å². The van der Waals surface area contributed by atoms with Crippen LogP contribution in [0.5, 0.6) is 5.75 Å². The first-order chi connectivity index (χ1) is 13.6. The zero-order valence-corrected chi connectivity index (χ0v) is 16.5. The molecular weight excluding hydrogens is 374 g/mol. The second-order valence-electron chi connectivity index (χ2n) is 8.07. The second kappa shape index (κ2) is 6.98. The van der Waals surface area contributed by atoms with Crippen molar-refractivity contribution in [3.63, 3.8) is 0 Å². The SMILES string of the molecule is O=C1c2c(Cl)cc(N3CCN4CCCC4C3)cc2CN1Cc1ccc(O)cc1. The molecule has 3 aliphatic rings. The van der Waals surface area contributed by atoms with Crippen LogP contribution >= 0.6 is 11.6 Å². The summed E-state index contributed by atoms with van der Waals surface area (Å²) < 4.78 is 0. The largest absolute Gasteiger partial charge is 0.508 e. The van der Waals surface area contributed by atoms with E-state index < -0.39 is 0 Å². The third kappa shape index (κ3) is 3.12. The molecule has 0 spiro atoms. The Morgan fingerprint density at radius 2 is 1.93 bits per heavy atom. The van der Waals surface area contributed by atoms with Crippen LogP contribution in [0.2, 0.25) is 5.02 Å². The molecular formula is C22H24ClN3O2. The summed E-state index contributed by atoms with van der Waals surface area (Å²) in [5.41, 5.74) is 3.78. The van der Waals surface area contributed by atoms with Crippen LogP contribution < -0.4 is 4.90 Å². The van der Waals surface area contributed by atoms with Crippen molar-refractivity contribution in [1.29, 1.82) is 0 Å². The third-order valence-electron chi connectivity index (χ3n) is 6.28. The van der Waals surface area contributed by atoms with Gasteiger partial charge in [-0.1, -0.05) is 23.7 Å². The van der Waals surface area contributed by atoms with E-state index in [-0.39, 0.29) is 11.7 Å². The lowest BCUT2D eigenvalue weighted by atomic mass is 10.1. The molecule has 5 nitrogen and oxygen atoms in total. The maximum absolute atomic E-state index is 12.9. The van der Waals surface area contributed by atoms with Gasteiger partial charge in [0.1, 0.15) is 5.75 Å². The van der Waals surface area contributed by atoms with Gasteiger partial charge in [0, 0.05) is 44.5 Å². The maximum atomic E-state index is 12.9. The van der Waals surface area contributed by atoms with Crippen molar-refractivity contribution < 1.29 is 9.90 Å². The molecule has 1 amide bonds. The molecule has 3 aliphatic heterocycles. The van der Waals surface area contributed by atoms with E-state index in [4.69, 9.17) is 11.6 Å². The molecule has 1 N–H and O–H groups in total. The molecule has 0 saturated carbocycles. The minimum Gasteiger partial charge on any atom is -0.508 e. The molecule has 1 unspecified atom stereocenters. The summed E-state index contributed by atoms with van der Waals surface area (Å²) in [5, 5.41) is 10.0. The molecule has 0 radical (unpaired) electrons. The Morgan fingerprint density at radius 3 is 2.75 bits per heavy atom. The highest BCUT2D eigenvalue weighted by Crippen LogP contribution is 2.36. The lowest BCUT2D eigenvalue weighted by Gasteiger charge is -2.39. The lowest BCUT2D eigenvalue weighted by Crippen LogP contribution is -2.50. The van der Waals surface area contributed by atoms with Gasteiger partial charge in [-0.15, -0.1) is 0 Å². The number of halogens is 1. The van der Waals surface area contributed by atoms with Crippen molar-refractivity contribution in [3.05, 3.63) is 58.1 Å². The van der Waals surface area contributed by atoms with Gasteiger partial charge in [-0.3, -0.25) is 9.69 Å². The van der Waals surface area contributed by atoms with Crippen LogP contribution in [0.4, 0.5) is 5.69 Å². The Kier molecular flexibility index (Phi) is 4.44. The summed E-state index contributed by atoms with van der Waals surface area (Å²) >= 11 is 6.57.